The molecule has 2 aromatic rings. The van der Waals surface area contributed by atoms with E-state index in [9.17, 15) is 9.59 Å². The Kier molecular flexibility index (Phi) is 4.09. The highest BCUT2D eigenvalue weighted by molar-refractivity contribution is 5.87. The molecule has 1 aliphatic rings. The van der Waals surface area contributed by atoms with Gasteiger partial charge in [-0.15, -0.1) is 0 Å². The summed E-state index contributed by atoms with van der Waals surface area (Å²) in [5, 5.41) is 5.07. The lowest BCUT2D eigenvalue weighted by Gasteiger charge is -2.18. The van der Waals surface area contributed by atoms with Gasteiger partial charge in [0, 0.05) is 19.5 Å². The van der Waals surface area contributed by atoms with Crippen molar-refractivity contribution >= 4 is 22.6 Å². The molecule has 0 spiro atoms. The van der Waals surface area contributed by atoms with Crippen LogP contribution in [0.25, 0.3) is 10.8 Å². The zero-order chi connectivity index (χ0) is 15.5. The van der Waals surface area contributed by atoms with Crippen LogP contribution in [0.5, 0.6) is 0 Å². The Balaban J connectivity index is 1.58. The Hall–Kier alpha value is -2.36. The van der Waals surface area contributed by atoms with Gasteiger partial charge in [0.05, 0.1) is 6.54 Å². The molecule has 1 aliphatic carbocycles. The average Bonchev–Trinajstić information content (AvgIpc) is 3.37. The number of hydrogen-bond donors (Lipinski definition) is 1. The highest BCUT2D eigenvalue weighted by Gasteiger charge is 2.29. The lowest BCUT2D eigenvalue weighted by atomic mass is 10.1. The molecule has 0 heterocycles. The van der Waals surface area contributed by atoms with E-state index in [4.69, 9.17) is 0 Å². The number of likely N-dealkylation sites (N-methyl/N-ethyl adjacent to an activating group) is 1. The highest BCUT2D eigenvalue weighted by Crippen LogP contribution is 2.28. The molecule has 114 valence electrons. The van der Waals surface area contributed by atoms with E-state index >= 15 is 0 Å². The van der Waals surface area contributed by atoms with Crippen molar-refractivity contribution in [2.24, 2.45) is 5.92 Å². The van der Waals surface area contributed by atoms with Crippen LogP contribution in [0, 0.1) is 5.92 Å². The van der Waals surface area contributed by atoms with Gasteiger partial charge in [0.25, 0.3) is 0 Å². The molecule has 1 saturated carbocycles. The second kappa shape index (κ2) is 6.18. The van der Waals surface area contributed by atoms with Crippen molar-refractivity contribution in [3.05, 3.63) is 48.0 Å². The van der Waals surface area contributed by atoms with Gasteiger partial charge in [0.15, 0.2) is 0 Å². The smallest absolute Gasteiger partial charge is 0.242 e. The van der Waals surface area contributed by atoms with Crippen LogP contribution < -0.4 is 5.32 Å². The van der Waals surface area contributed by atoms with Crippen molar-refractivity contribution in [1.82, 2.24) is 10.2 Å². The summed E-state index contributed by atoms with van der Waals surface area (Å²) in [6, 6.07) is 14.4. The molecular weight excluding hydrogens is 276 g/mol. The first-order valence-electron chi connectivity index (χ1n) is 7.63. The summed E-state index contributed by atoms with van der Waals surface area (Å²) < 4.78 is 0. The molecule has 0 unspecified atom stereocenters. The standard InChI is InChI=1S/C18H20N2O2/c1-20(17(21)11-19-18(22)15-8-9-15)12-13-6-7-14-4-2-3-5-16(14)10-13/h2-7,10,15H,8-9,11-12H2,1H3,(H,19,22). The largest absolute Gasteiger partial charge is 0.347 e. The Morgan fingerprint density at radius 3 is 2.59 bits per heavy atom. The minimum absolute atomic E-state index is 0.00690. The van der Waals surface area contributed by atoms with Crippen molar-refractivity contribution in [1.29, 1.82) is 0 Å². The lowest BCUT2D eigenvalue weighted by molar-refractivity contribution is -0.132. The van der Waals surface area contributed by atoms with Crippen molar-refractivity contribution in [2.45, 2.75) is 19.4 Å². The quantitative estimate of drug-likeness (QED) is 0.920. The van der Waals surface area contributed by atoms with Gasteiger partial charge in [0.1, 0.15) is 0 Å². The van der Waals surface area contributed by atoms with Crippen molar-refractivity contribution in [3.8, 4) is 0 Å². The molecule has 22 heavy (non-hydrogen) atoms. The summed E-state index contributed by atoms with van der Waals surface area (Å²) in [7, 11) is 1.76. The van der Waals surface area contributed by atoms with Gasteiger partial charge in [-0.1, -0.05) is 36.4 Å². The minimum Gasteiger partial charge on any atom is -0.347 e. The maximum absolute atomic E-state index is 12.1. The molecule has 0 saturated heterocycles. The third-order valence-electron chi connectivity index (χ3n) is 4.02. The van der Waals surface area contributed by atoms with Crippen molar-refractivity contribution in [3.63, 3.8) is 0 Å². The van der Waals surface area contributed by atoms with Crippen LogP contribution in [0.3, 0.4) is 0 Å². The van der Waals surface area contributed by atoms with E-state index in [0.29, 0.717) is 6.54 Å². The maximum Gasteiger partial charge on any atom is 0.242 e. The van der Waals surface area contributed by atoms with E-state index < -0.39 is 0 Å². The molecule has 2 amide bonds. The summed E-state index contributed by atoms with van der Waals surface area (Å²) in [6.07, 6.45) is 1.90. The van der Waals surface area contributed by atoms with Crippen LogP contribution in [0.2, 0.25) is 0 Å². The zero-order valence-electron chi connectivity index (χ0n) is 12.7. The number of carbonyl (C=O) groups is 2. The van der Waals surface area contributed by atoms with E-state index in [1.54, 1.807) is 11.9 Å². The predicted octanol–water partition coefficient (Wildman–Crippen LogP) is 2.32. The van der Waals surface area contributed by atoms with Gasteiger partial charge >= 0.3 is 0 Å². The molecule has 0 aliphatic heterocycles. The highest BCUT2D eigenvalue weighted by atomic mass is 16.2. The molecule has 0 radical (unpaired) electrons. The van der Waals surface area contributed by atoms with Crippen LogP contribution in [0.1, 0.15) is 18.4 Å². The number of amides is 2. The minimum atomic E-state index is -0.0674. The summed E-state index contributed by atoms with van der Waals surface area (Å²) in [4.78, 5) is 25.3. The van der Waals surface area contributed by atoms with Gasteiger partial charge in [-0.2, -0.15) is 0 Å². The molecule has 3 rings (SSSR count). The fourth-order valence-electron chi connectivity index (χ4n) is 2.49. The Bertz CT molecular complexity index is 707. The second-order valence-electron chi connectivity index (χ2n) is 5.92. The molecule has 0 bridgehead atoms. The fourth-order valence-corrected chi connectivity index (χ4v) is 2.49. The van der Waals surface area contributed by atoms with E-state index in [2.05, 4.69) is 29.6 Å². The Labute approximate surface area is 130 Å². The molecule has 4 heteroatoms. The normalized spacial score (nSPS) is 13.9. The van der Waals surface area contributed by atoms with Gasteiger partial charge in [-0.05, 0) is 35.2 Å². The number of carbonyl (C=O) groups excluding carboxylic acids is 2. The number of benzene rings is 2. The monoisotopic (exact) mass is 296 g/mol. The average molecular weight is 296 g/mol. The number of rotatable bonds is 5. The summed E-state index contributed by atoms with van der Waals surface area (Å²) in [6.45, 7) is 0.627. The van der Waals surface area contributed by atoms with Crippen LogP contribution in [-0.2, 0) is 16.1 Å². The second-order valence-corrected chi connectivity index (χ2v) is 5.92. The van der Waals surface area contributed by atoms with Gasteiger partial charge in [-0.25, -0.2) is 0 Å². The predicted molar refractivity (Wildman–Crippen MR) is 86.2 cm³/mol. The summed E-state index contributed by atoms with van der Waals surface area (Å²) >= 11 is 0. The number of nitrogens with one attached hydrogen (secondary N) is 1. The molecular formula is C18H20N2O2. The van der Waals surface area contributed by atoms with Crippen LogP contribution in [0.4, 0.5) is 0 Å². The summed E-state index contributed by atoms with van der Waals surface area (Å²) in [5.41, 5.74) is 1.09. The lowest BCUT2D eigenvalue weighted by Crippen LogP contribution is -2.38. The molecule has 0 atom stereocenters. The van der Waals surface area contributed by atoms with Gasteiger partial charge in [-0.3, -0.25) is 9.59 Å². The van der Waals surface area contributed by atoms with E-state index in [0.717, 1.165) is 18.4 Å². The topological polar surface area (TPSA) is 49.4 Å². The SMILES string of the molecule is CN(Cc1ccc2ccccc2c1)C(=O)CNC(=O)C1CC1. The first-order valence-corrected chi connectivity index (χ1v) is 7.63. The van der Waals surface area contributed by atoms with Crippen molar-refractivity contribution in [2.75, 3.05) is 13.6 Å². The number of fused-ring (bicyclic) bond motifs is 1. The van der Waals surface area contributed by atoms with Gasteiger partial charge in [0.2, 0.25) is 11.8 Å². The van der Waals surface area contributed by atoms with E-state index in [1.807, 2.05) is 18.2 Å². The first-order chi connectivity index (χ1) is 10.6. The summed E-state index contributed by atoms with van der Waals surface area (Å²) in [5.74, 6) is 0.0770. The molecule has 4 nitrogen and oxygen atoms in total. The number of hydrogen-bond acceptors (Lipinski definition) is 2. The van der Waals surface area contributed by atoms with E-state index in [-0.39, 0.29) is 24.3 Å². The molecule has 1 N–H and O–H groups in total. The Morgan fingerprint density at radius 2 is 1.86 bits per heavy atom. The fraction of sp³-hybridized carbons (Fsp3) is 0.333. The zero-order valence-corrected chi connectivity index (χ0v) is 12.7. The van der Waals surface area contributed by atoms with Crippen LogP contribution in [-0.4, -0.2) is 30.3 Å². The maximum atomic E-state index is 12.1. The third-order valence-corrected chi connectivity index (χ3v) is 4.02. The Morgan fingerprint density at radius 1 is 1.14 bits per heavy atom. The third kappa shape index (κ3) is 3.45. The first kappa shape index (κ1) is 14.6. The number of nitrogens with zero attached hydrogens (tertiary/aromatic N) is 1. The van der Waals surface area contributed by atoms with Crippen LogP contribution >= 0.6 is 0 Å². The van der Waals surface area contributed by atoms with E-state index in [1.165, 1.54) is 10.8 Å². The van der Waals surface area contributed by atoms with Gasteiger partial charge < -0.3 is 10.2 Å². The van der Waals surface area contributed by atoms with Crippen LogP contribution in [0.15, 0.2) is 42.5 Å². The van der Waals surface area contributed by atoms with Crippen molar-refractivity contribution < 1.29 is 9.59 Å². The molecule has 2 aromatic carbocycles. The molecule has 1 fully saturated rings. The molecule has 0 aromatic heterocycles.